The Kier molecular flexibility index (Phi) is 7.05. The van der Waals surface area contributed by atoms with Crippen LogP contribution in [-0.4, -0.2) is 47.2 Å². The van der Waals surface area contributed by atoms with Crippen LogP contribution in [0.3, 0.4) is 0 Å². The van der Waals surface area contributed by atoms with Crippen molar-refractivity contribution in [2.24, 2.45) is 0 Å². The lowest BCUT2D eigenvalue weighted by molar-refractivity contribution is -0.118. The Hall–Kier alpha value is -2.84. The SMILES string of the molecule is COCCNC(=O)CSc1ccccc1C(=O)NCc1cn2ccccc2n1. The van der Waals surface area contributed by atoms with Gasteiger partial charge in [-0.05, 0) is 24.3 Å². The van der Waals surface area contributed by atoms with E-state index >= 15 is 0 Å². The molecule has 0 atom stereocenters. The lowest BCUT2D eigenvalue weighted by atomic mass is 10.2. The highest BCUT2D eigenvalue weighted by molar-refractivity contribution is 8.00. The number of carbonyl (C=O) groups is 2. The summed E-state index contributed by atoms with van der Waals surface area (Å²) in [6.45, 7) is 1.27. The maximum atomic E-state index is 12.6. The van der Waals surface area contributed by atoms with Gasteiger partial charge >= 0.3 is 0 Å². The predicted octanol–water partition coefficient (Wildman–Crippen LogP) is 2.12. The third-order valence-corrected chi connectivity index (χ3v) is 5.04. The summed E-state index contributed by atoms with van der Waals surface area (Å²) in [6, 6.07) is 13.0. The van der Waals surface area contributed by atoms with Crippen molar-refractivity contribution in [2.75, 3.05) is 26.0 Å². The van der Waals surface area contributed by atoms with Crippen molar-refractivity contribution in [1.29, 1.82) is 0 Å². The number of aromatic nitrogens is 2. The molecule has 0 fully saturated rings. The molecule has 2 aromatic heterocycles. The molecule has 0 bridgehead atoms. The second-order valence-electron chi connectivity index (χ2n) is 6.01. The predicted molar refractivity (Wildman–Crippen MR) is 108 cm³/mol. The first kappa shape index (κ1) is 19.9. The van der Waals surface area contributed by atoms with E-state index < -0.39 is 0 Å². The summed E-state index contributed by atoms with van der Waals surface area (Å²) in [5, 5.41) is 5.67. The second kappa shape index (κ2) is 9.91. The van der Waals surface area contributed by atoms with Crippen LogP contribution in [0, 0.1) is 0 Å². The minimum Gasteiger partial charge on any atom is -0.383 e. The number of amides is 2. The number of pyridine rings is 1. The number of carbonyl (C=O) groups excluding carboxylic acids is 2. The van der Waals surface area contributed by atoms with Gasteiger partial charge in [0.05, 0.1) is 30.2 Å². The number of fused-ring (bicyclic) bond motifs is 1. The monoisotopic (exact) mass is 398 g/mol. The van der Waals surface area contributed by atoms with Crippen LogP contribution in [0.2, 0.25) is 0 Å². The van der Waals surface area contributed by atoms with Gasteiger partial charge in [0, 0.05) is 30.9 Å². The zero-order valence-electron chi connectivity index (χ0n) is 15.6. The molecule has 7 nitrogen and oxygen atoms in total. The highest BCUT2D eigenvalue weighted by atomic mass is 32.2. The molecule has 2 heterocycles. The zero-order chi connectivity index (χ0) is 19.8. The van der Waals surface area contributed by atoms with E-state index in [9.17, 15) is 9.59 Å². The van der Waals surface area contributed by atoms with Crippen LogP contribution in [0.5, 0.6) is 0 Å². The number of rotatable bonds is 9. The summed E-state index contributed by atoms with van der Waals surface area (Å²) in [5.41, 5.74) is 2.16. The molecule has 28 heavy (non-hydrogen) atoms. The third kappa shape index (κ3) is 5.34. The molecule has 3 aromatic rings. The standard InChI is InChI=1S/C20H22N4O3S/c1-27-11-9-21-19(25)14-28-17-7-3-2-6-16(17)20(26)22-12-15-13-24-10-5-4-8-18(24)23-15/h2-8,10,13H,9,11-12,14H2,1H3,(H,21,25)(H,22,26). The Balaban J connectivity index is 1.58. The van der Waals surface area contributed by atoms with Crippen LogP contribution in [0.4, 0.5) is 0 Å². The van der Waals surface area contributed by atoms with E-state index in [-0.39, 0.29) is 17.6 Å². The van der Waals surface area contributed by atoms with Crippen LogP contribution in [0.1, 0.15) is 16.1 Å². The van der Waals surface area contributed by atoms with Gasteiger partial charge in [0.2, 0.25) is 5.91 Å². The Morgan fingerprint density at radius 3 is 2.79 bits per heavy atom. The van der Waals surface area contributed by atoms with Crippen molar-refractivity contribution in [2.45, 2.75) is 11.4 Å². The number of hydrogen-bond donors (Lipinski definition) is 2. The normalized spacial score (nSPS) is 10.8. The lowest BCUT2D eigenvalue weighted by Crippen LogP contribution is -2.28. The first-order valence-electron chi connectivity index (χ1n) is 8.85. The van der Waals surface area contributed by atoms with Crippen molar-refractivity contribution >= 4 is 29.2 Å². The van der Waals surface area contributed by atoms with Crippen molar-refractivity contribution in [1.82, 2.24) is 20.0 Å². The van der Waals surface area contributed by atoms with Crippen molar-refractivity contribution in [3.63, 3.8) is 0 Å². The Morgan fingerprint density at radius 1 is 1.14 bits per heavy atom. The van der Waals surface area contributed by atoms with Gasteiger partial charge in [0.25, 0.3) is 5.91 Å². The minimum atomic E-state index is -0.194. The molecule has 0 unspecified atom stereocenters. The first-order valence-corrected chi connectivity index (χ1v) is 9.84. The van der Waals surface area contributed by atoms with E-state index in [2.05, 4.69) is 15.6 Å². The maximum Gasteiger partial charge on any atom is 0.252 e. The van der Waals surface area contributed by atoms with E-state index in [1.165, 1.54) is 11.8 Å². The molecule has 8 heteroatoms. The Bertz CT molecular complexity index is 924. The molecule has 0 spiro atoms. The Morgan fingerprint density at radius 2 is 1.96 bits per heavy atom. The second-order valence-corrected chi connectivity index (χ2v) is 7.03. The smallest absolute Gasteiger partial charge is 0.252 e. The molecule has 2 N–H and O–H groups in total. The van der Waals surface area contributed by atoms with Crippen molar-refractivity contribution in [3.8, 4) is 0 Å². The van der Waals surface area contributed by atoms with Crippen LogP contribution in [0.25, 0.3) is 5.65 Å². The van der Waals surface area contributed by atoms with Gasteiger partial charge in [0.15, 0.2) is 0 Å². The van der Waals surface area contributed by atoms with E-state index in [1.54, 1.807) is 13.2 Å². The zero-order valence-corrected chi connectivity index (χ0v) is 16.4. The highest BCUT2D eigenvalue weighted by Gasteiger charge is 2.13. The number of benzene rings is 1. The topological polar surface area (TPSA) is 84.7 Å². The number of ether oxygens (including phenoxy) is 1. The van der Waals surface area contributed by atoms with Gasteiger partial charge in [-0.15, -0.1) is 11.8 Å². The Labute approximate surface area is 167 Å². The summed E-state index contributed by atoms with van der Waals surface area (Å²) in [6.07, 6.45) is 3.80. The fourth-order valence-corrected chi connectivity index (χ4v) is 3.49. The number of nitrogens with zero attached hydrogens (tertiary/aromatic N) is 2. The van der Waals surface area contributed by atoms with Crippen LogP contribution in [0.15, 0.2) is 59.8 Å². The third-order valence-electron chi connectivity index (χ3n) is 3.96. The molecular weight excluding hydrogens is 376 g/mol. The van der Waals surface area contributed by atoms with Crippen LogP contribution in [-0.2, 0) is 16.1 Å². The molecule has 146 valence electrons. The molecule has 0 saturated heterocycles. The number of thioether (sulfide) groups is 1. The molecule has 0 aliphatic carbocycles. The first-order chi connectivity index (χ1) is 13.7. The van der Waals surface area contributed by atoms with Crippen LogP contribution < -0.4 is 10.6 Å². The average Bonchev–Trinajstić information content (AvgIpc) is 3.14. The summed E-state index contributed by atoms with van der Waals surface area (Å²) in [4.78, 5) is 29.7. The number of nitrogens with one attached hydrogen (secondary N) is 2. The van der Waals surface area contributed by atoms with Gasteiger partial charge in [-0.1, -0.05) is 18.2 Å². The summed E-state index contributed by atoms with van der Waals surface area (Å²) in [7, 11) is 1.59. The number of imidazole rings is 1. The van der Waals surface area contributed by atoms with E-state index in [0.29, 0.717) is 25.3 Å². The quantitative estimate of drug-likeness (QED) is 0.426. The van der Waals surface area contributed by atoms with Crippen LogP contribution >= 0.6 is 11.8 Å². The van der Waals surface area contributed by atoms with E-state index in [1.807, 2.05) is 53.2 Å². The molecule has 0 radical (unpaired) electrons. The average molecular weight is 398 g/mol. The number of methoxy groups -OCH3 is 1. The fourth-order valence-electron chi connectivity index (χ4n) is 2.61. The van der Waals surface area contributed by atoms with Crippen molar-refractivity contribution in [3.05, 3.63) is 66.1 Å². The molecule has 0 aliphatic heterocycles. The molecule has 2 amide bonds. The van der Waals surface area contributed by atoms with Gasteiger partial charge in [0.1, 0.15) is 5.65 Å². The summed E-state index contributed by atoms with van der Waals surface area (Å²) >= 11 is 1.33. The van der Waals surface area contributed by atoms with E-state index in [4.69, 9.17) is 4.74 Å². The van der Waals surface area contributed by atoms with Gasteiger partial charge in [-0.2, -0.15) is 0 Å². The minimum absolute atomic E-state index is 0.0954. The summed E-state index contributed by atoms with van der Waals surface area (Å²) in [5.74, 6) is -0.0533. The highest BCUT2D eigenvalue weighted by Crippen LogP contribution is 2.22. The maximum absolute atomic E-state index is 12.6. The molecule has 0 aliphatic rings. The largest absolute Gasteiger partial charge is 0.383 e. The van der Waals surface area contributed by atoms with Gasteiger partial charge < -0.3 is 19.8 Å². The molecular formula is C20H22N4O3S. The van der Waals surface area contributed by atoms with Gasteiger partial charge in [-0.25, -0.2) is 4.98 Å². The van der Waals surface area contributed by atoms with Crippen molar-refractivity contribution < 1.29 is 14.3 Å². The number of hydrogen-bond acceptors (Lipinski definition) is 5. The molecule has 3 rings (SSSR count). The fraction of sp³-hybridized carbons (Fsp3) is 0.250. The summed E-state index contributed by atoms with van der Waals surface area (Å²) < 4.78 is 6.82. The molecule has 0 saturated carbocycles. The molecule has 1 aromatic carbocycles. The lowest BCUT2D eigenvalue weighted by Gasteiger charge is -2.09. The van der Waals surface area contributed by atoms with Gasteiger partial charge in [-0.3, -0.25) is 9.59 Å². The van der Waals surface area contributed by atoms with E-state index in [0.717, 1.165) is 16.2 Å².